The third kappa shape index (κ3) is 3.31. The monoisotopic (exact) mass is 381 g/mol. The lowest BCUT2D eigenvalue weighted by atomic mass is 9.74. The first kappa shape index (κ1) is 18.9. The predicted octanol–water partition coefficient (Wildman–Crippen LogP) is 3.60. The molecule has 27 heavy (non-hydrogen) atoms. The maximum absolute atomic E-state index is 6.32. The van der Waals surface area contributed by atoms with Crippen molar-refractivity contribution in [3.8, 4) is 5.75 Å². The lowest BCUT2D eigenvalue weighted by Gasteiger charge is -2.32. The van der Waals surface area contributed by atoms with E-state index < -0.39 is 7.12 Å². The lowest BCUT2D eigenvalue weighted by Crippen LogP contribution is -2.41. The molecular formula is C20H23B2O4S. The molecule has 0 aliphatic carbocycles. The summed E-state index contributed by atoms with van der Waals surface area (Å²) in [7, 11) is 2.54. The zero-order valence-corrected chi connectivity index (χ0v) is 17.2. The number of hydrogen-bond donors (Lipinski definition) is 0. The molecule has 139 valence electrons. The second-order valence-electron chi connectivity index (χ2n) is 7.89. The Morgan fingerprint density at radius 1 is 1.04 bits per heavy atom. The molecule has 1 radical (unpaired) electrons. The molecule has 0 amide bonds. The molecule has 2 aromatic carbocycles. The van der Waals surface area contributed by atoms with Crippen LogP contribution < -0.4 is 10.1 Å². The number of fused-ring (bicyclic) bond motifs is 2. The Morgan fingerprint density at radius 3 is 2.44 bits per heavy atom. The van der Waals surface area contributed by atoms with E-state index in [1.165, 1.54) is 23.7 Å². The van der Waals surface area contributed by atoms with Gasteiger partial charge in [0.15, 0.2) is 0 Å². The first-order chi connectivity index (χ1) is 12.8. The summed E-state index contributed by atoms with van der Waals surface area (Å²) in [6.07, 6.45) is 0.822. The van der Waals surface area contributed by atoms with Crippen molar-refractivity contribution in [1.82, 2.24) is 0 Å². The fourth-order valence-electron chi connectivity index (χ4n) is 3.35. The molecule has 2 aromatic rings. The molecule has 0 spiro atoms. The minimum atomic E-state index is -0.393. The highest BCUT2D eigenvalue weighted by Crippen LogP contribution is 2.45. The minimum Gasteiger partial charge on any atom is -0.536 e. The molecular weight excluding hydrogens is 358 g/mol. The third-order valence-corrected chi connectivity index (χ3v) is 6.86. The molecule has 4 nitrogen and oxygen atoms in total. The molecule has 2 aliphatic heterocycles. The Bertz CT molecular complexity index is 853. The maximum atomic E-state index is 6.32. The summed E-state index contributed by atoms with van der Waals surface area (Å²) in [6.45, 7) is 8.31. The molecule has 2 heterocycles. The summed E-state index contributed by atoms with van der Waals surface area (Å²) in [5.41, 5.74) is 2.82. The van der Waals surface area contributed by atoms with E-state index in [0.717, 1.165) is 22.5 Å². The van der Waals surface area contributed by atoms with E-state index in [4.69, 9.17) is 18.6 Å². The van der Waals surface area contributed by atoms with E-state index in [-0.39, 0.29) is 11.2 Å². The number of hydrogen-bond acceptors (Lipinski definition) is 5. The quantitative estimate of drug-likeness (QED) is 0.646. The van der Waals surface area contributed by atoms with Crippen LogP contribution in [0.15, 0.2) is 46.2 Å². The highest BCUT2D eigenvalue weighted by Gasteiger charge is 2.52. The molecule has 0 saturated carbocycles. The van der Waals surface area contributed by atoms with Crippen molar-refractivity contribution in [2.75, 3.05) is 7.11 Å². The van der Waals surface area contributed by atoms with Gasteiger partial charge >= 0.3 is 14.8 Å². The zero-order chi connectivity index (χ0) is 19.2. The zero-order valence-electron chi connectivity index (χ0n) is 16.4. The molecule has 0 aromatic heterocycles. The van der Waals surface area contributed by atoms with Gasteiger partial charge in [-0.2, -0.15) is 0 Å². The van der Waals surface area contributed by atoms with Crippen LogP contribution in [-0.4, -0.2) is 33.1 Å². The summed E-state index contributed by atoms with van der Waals surface area (Å²) in [4.78, 5) is 2.34. The van der Waals surface area contributed by atoms with Gasteiger partial charge in [0.2, 0.25) is 0 Å². The van der Waals surface area contributed by atoms with Gasteiger partial charge in [0, 0.05) is 12.0 Å². The van der Waals surface area contributed by atoms with Crippen LogP contribution in [0.5, 0.6) is 5.75 Å². The van der Waals surface area contributed by atoms with Gasteiger partial charge in [-0.1, -0.05) is 36.0 Å². The van der Waals surface area contributed by atoms with Crippen LogP contribution in [0.25, 0.3) is 0 Å². The van der Waals surface area contributed by atoms with Crippen LogP contribution in [0, 0.1) is 0 Å². The maximum Gasteiger partial charge on any atom is 0.572 e. The van der Waals surface area contributed by atoms with Crippen molar-refractivity contribution < 1.29 is 18.6 Å². The van der Waals surface area contributed by atoms with Crippen LogP contribution >= 0.6 is 11.8 Å². The summed E-state index contributed by atoms with van der Waals surface area (Å²) >= 11 is 1.72. The van der Waals surface area contributed by atoms with Crippen LogP contribution in [0.4, 0.5) is 0 Å². The van der Waals surface area contributed by atoms with Crippen molar-refractivity contribution in [2.45, 2.75) is 55.1 Å². The fraction of sp³-hybridized carbons (Fsp3) is 0.400. The summed E-state index contributed by atoms with van der Waals surface area (Å²) in [6, 6.07) is 12.5. The largest absolute Gasteiger partial charge is 0.572 e. The van der Waals surface area contributed by atoms with Crippen LogP contribution in [0.3, 0.4) is 0 Å². The van der Waals surface area contributed by atoms with Gasteiger partial charge in [0.25, 0.3) is 0 Å². The second kappa shape index (κ2) is 6.89. The van der Waals surface area contributed by atoms with Crippen LogP contribution in [0.1, 0.15) is 38.8 Å². The van der Waals surface area contributed by atoms with E-state index in [9.17, 15) is 0 Å². The van der Waals surface area contributed by atoms with Crippen molar-refractivity contribution >= 4 is 32.0 Å². The number of rotatable bonds is 4. The highest BCUT2D eigenvalue weighted by atomic mass is 32.2. The van der Waals surface area contributed by atoms with E-state index in [2.05, 4.69) is 52.0 Å². The van der Waals surface area contributed by atoms with Crippen molar-refractivity contribution in [2.24, 2.45) is 0 Å². The molecule has 0 unspecified atom stereocenters. The Morgan fingerprint density at radius 2 is 1.74 bits per heavy atom. The smallest absolute Gasteiger partial charge is 0.536 e. The average molecular weight is 381 g/mol. The Kier molecular flexibility index (Phi) is 4.83. The number of benzene rings is 2. The summed E-state index contributed by atoms with van der Waals surface area (Å²) in [5, 5.41) is 0. The van der Waals surface area contributed by atoms with Crippen molar-refractivity contribution in [1.29, 1.82) is 0 Å². The predicted molar refractivity (Wildman–Crippen MR) is 109 cm³/mol. The van der Waals surface area contributed by atoms with Gasteiger partial charge in [-0.3, -0.25) is 0 Å². The average Bonchev–Trinajstić information content (AvgIpc) is 2.85. The van der Waals surface area contributed by atoms with Gasteiger partial charge in [-0.05, 0) is 62.8 Å². The van der Waals surface area contributed by atoms with Crippen molar-refractivity contribution in [3.63, 3.8) is 0 Å². The molecule has 7 heteroatoms. The second-order valence-corrected chi connectivity index (χ2v) is 8.94. The molecule has 0 atom stereocenters. The molecule has 0 N–H and O–H groups in total. The Labute approximate surface area is 166 Å². The first-order valence-corrected chi connectivity index (χ1v) is 9.92. The Balaban J connectivity index is 1.77. The molecule has 4 rings (SSSR count). The summed E-state index contributed by atoms with van der Waals surface area (Å²) < 4.78 is 23.3. The summed E-state index contributed by atoms with van der Waals surface area (Å²) in [5.74, 6) is 0.784. The fourth-order valence-corrected chi connectivity index (χ4v) is 4.52. The van der Waals surface area contributed by atoms with Gasteiger partial charge in [-0.25, -0.2) is 0 Å². The lowest BCUT2D eigenvalue weighted by molar-refractivity contribution is 0.00578. The SMILES string of the molecule is CO[B]Oc1ccc(B2OC(C)(C)C(C)(C)O2)c2c1Sc1ccccc1C2. The van der Waals surface area contributed by atoms with Crippen molar-refractivity contribution in [3.05, 3.63) is 47.5 Å². The van der Waals surface area contributed by atoms with E-state index in [1.54, 1.807) is 18.9 Å². The van der Waals surface area contributed by atoms with Crippen LogP contribution in [0.2, 0.25) is 0 Å². The van der Waals surface area contributed by atoms with Gasteiger partial charge in [0.05, 0.1) is 16.1 Å². The van der Waals surface area contributed by atoms with E-state index >= 15 is 0 Å². The highest BCUT2D eigenvalue weighted by molar-refractivity contribution is 7.99. The molecule has 2 aliphatic rings. The van der Waals surface area contributed by atoms with Gasteiger partial charge < -0.3 is 18.6 Å². The van der Waals surface area contributed by atoms with E-state index in [1.807, 2.05) is 12.1 Å². The third-order valence-electron chi connectivity index (χ3n) is 5.59. The van der Waals surface area contributed by atoms with Gasteiger partial charge in [0.1, 0.15) is 5.75 Å². The molecule has 1 saturated heterocycles. The molecule has 0 bridgehead atoms. The topological polar surface area (TPSA) is 36.9 Å². The van der Waals surface area contributed by atoms with Crippen LogP contribution in [-0.2, 0) is 20.4 Å². The molecule has 1 fully saturated rings. The minimum absolute atomic E-state index is 0.372. The first-order valence-electron chi connectivity index (χ1n) is 9.11. The Hall–Kier alpha value is -1.40. The van der Waals surface area contributed by atoms with E-state index in [0.29, 0.717) is 0 Å². The normalized spacial score (nSPS) is 19.4. The standard InChI is InChI=1S/C20H23B2O4S/c1-19(2)20(3,4)26-22(25-19)15-10-11-16(24-21-23-5)18-14(15)12-13-8-6-7-9-17(13)27-18/h6-11H,12H2,1-5H3. The van der Waals surface area contributed by atoms with Gasteiger partial charge in [-0.15, -0.1) is 0 Å².